The van der Waals surface area contributed by atoms with Gasteiger partial charge in [-0.05, 0) is 49.7 Å². The molecule has 1 saturated heterocycles. The predicted molar refractivity (Wildman–Crippen MR) is 108 cm³/mol. The molecule has 1 aliphatic heterocycles. The zero-order chi connectivity index (χ0) is 19.7. The highest BCUT2D eigenvalue weighted by Gasteiger charge is 2.18. The molecular formula is C21H23FN4O2. The van der Waals surface area contributed by atoms with Crippen molar-refractivity contribution in [2.75, 3.05) is 36.5 Å². The minimum Gasteiger partial charge on any atom is -0.378 e. The number of aryl methyl sites for hydroxylation is 1. The largest absolute Gasteiger partial charge is 0.378 e. The Bertz CT molecular complexity index is 1040. The van der Waals surface area contributed by atoms with E-state index < -0.39 is 0 Å². The van der Waals surface area contributed by atoms with Gasteiger partial charge in [-0.3, -0.25) is 9.20 Å². The Hall–Kier alpha value is -2.93. The summed E-state index contributed by atoms with van der Waals surface area (Å²) in [5.74, 6) is 0.398. The molecule has 1 atom stereocenters. The van der Waals surface area contributed by atoms with Crippen molar-refractivity contribution in [3.05, 3.63) is 69.9 Å². The standard InChI is InChI=1S/C21H23FN4O2/c1-14-11-18(15(2)23-17-5-3-16(22)4-6-17)21-24-19(12-20(27)26(21)13-14)25-7-9-28-10-8-25/h3-6,11-13,15,23H,7-10H2,1-2H3. The molecule has 2 aromatic heterocycles. The summed E-state index contributed by atoms with van der Waals surface area (Å²) in [5.41, 5.74) is 3.21. The summed E-state index contributed by atoms with van der Waals surface area (Å²) >= 11 is 0. The van der Waals surface area contributed by atoms with Crippen molar-refractivity contribution in [1.29, 1.82) is 0 Å². The maximum Gasteiger partial charge on any atom is 0.259 e. The number of aromatic nitrogens is 2. The first-order valence-corrected chi connectivity index (χ1v) is 9.40. The topological polar surface area (TPSA) is 58.9 Å². The fraction of sp³-hybridized carbons (Fsp3) is 0.333. The molecule has 1 fully saturated rings. The van der Waals surface area contributed by atoms with Crippen LogP contribution in [-0.2, 0) is 4.74 Å². The van der Waals surface area contributed by atoms with E-state index in [1.807, 2.05) is 26.1 Å². The van der Waals surface area contributed by atoms with E-state index in [9.17, 15) is 9.18 Å². The lowest BCUT2D eigenvalue weighted by Gasteiger charge is -2.28. The first kappa shape index (κ1) is 18.4. The Kier molecular flexibility index (Phi) is 5.00. The van der Waals surface area contributed by atoms with Crippen LogP contribution in [0.1, 0.15) is 24.1 Å². The maximum absolute atomic E-state index is 13.2. The van der Waals surface area contributed by atoms with E-state index in [1.54, 1.807) is 22.6 Å². The van der Waals surface area contributed by atoms with E-state index in [2.05, 4.69) is 10.2 Å². The summed E-state index contributed by atoms with van der Waals surface area (Å²) in [6.07, 6.45) is 1.81. The van der Waals surface area contributed by atoms with Crippen LogP contribution in [0.25, 0.3) is 5.65 Å². The molecule has 7 heteroatoms. The third kappa shape index (κ3) is 3.71. The van der Waals surface area contributed by atoms with Gasteiger partial charge in [0.25, 0.3) is 5.56 Å². The Labute approximate surface area is 162 Å². The van der Waals surface area contributed by atoms with Crippen LogP contribution < -0.4 is 15.8 Å². The van der Waals surface area contributed by atoms with E-state index in [1.165, 1.54) is 12.1 Å². The van der Waals surface area contributed by atoms with Crippen molar-refractivity contribution >= 4 is 17.2 Å². The minimum absolute atomic E-state index is 0.106. The lowest BCUT2D eigenvalue weighted by atomic mass is 10.1. The van der Waals surface area contributed by atoms with Gasteiger partial charge in [0, 0.05) is 36.6 Å². The quantitative estimate of drug-likeness (QED) is 0.751. The van der Waals surface area contributed by atoms with Crippen molar-refractivity contribution < 1.29 is 9.13 Å². The number of benzene rings is 1. The average molecular weight is 382 g/mol. The molecule has 146 valence electrons. The van der Waals surface area contributed by atoms with Crippen LogP contribution in [0.15, 0.2) is 47.4 Å². The summed E-state index contributed by atoms with van der Waals surface area (Å²) in [6.45, 7) is 6.65. The molecule has 1 unspecified atom stereocenters. The molecule has 0 saturated carbocycles. The molecule has 6 nitrogen and oxygen atoms in total. The van der Waals surface area contributed by atoms with Gasteiger partial charge in [-0.15, -0.1) is 0 Å². The van der Waals surface area contributed by atoms with Crippen LogP contribution in [-0.4, -0.2) is 35.7 Å². The van der Waals surface area contributed by atoms with Gasteiger partial charge in [0.15, 0.2) is 0 Å². The van der Waals surface area contributed by atoms with Gasteiger partial charge in [0.1, 0.15) is 17.3 Å². The normalized spacial score (nSPS) is 15.6. The van der Waals surface area contributed by atoms with Crippen molar-refractivity contribution in [2.45, 2.75) is 19.9 Å². The molecule has 0 bridgehead atoms. The Morgan fingerprint density at radius 1 is 1.18 bits per heavy atom. The van der Waals surface area contributed by atoms with Gasteiger partial charge in [-0.2, -0.15) is 0 Å². The van der Waals surface area contributed by atoms with Crippen LogP contribution in [0.4, 0.5) is 15.9 Å². The highest BCUT2D eigenvalue weighted by molar-refractivity contribution is 5.58. The summed E-state index contributed by atoms with van der Waals surface area (Å²) in [4.78, 5) is 19.7. The first-order chi connectivity index (χ1) is 13.5. The van der Waals surface area contributed by atoms with Crippen LogP contribution in [0, 0.1) is 12.7 Å². The van der Waals surface area contributed by atoms with E-state index in [-0.39, 0.29) is 17.4 Å². The van der Waals surface area contributed by atoms with Crippen molar-refractivity contribution in [3.8, 4) is 0 Å². The number of nitrogens with zero attached hydrogens (tertiary/aromatic N) is 3. The van der Waals surface area contributed by atoms with Gasteiger partial charge in [0.05, 0.1) is 19.3 Å². The summed E-state index contributed by atoms with van der Waals surface area (Å²) in [6, 6.07) is 9.73. The number of fused-ring (bicyclic) bond motifs is 1. The number of hydrogen-bond donors (Lipinski definition) is 1. The molecule has 0 aliphatic carbocycles. The Morgan fingerprint density at radius 2 is 1.89 bits per heavy atom. The smallest absolute Gasteiger partial charge is 0.259 e. The van der Waals surface area contributed by atoms with Crippen molar-refractivity contribution in [2.24, 2.45) is 0 Å². The van der Waals surface area contributed by atoms with Crippen LogP contribution >= 0.6 is 0 Å². The van der Waals surface area contributed by atoms with E-state index in [0.29, 0.717) is 37.8 Å². The molecule has 0 amide bonds. The number of pyridine rings is 1. The molecule has 28 heavy (non-hydrogen) atoms. The second-order valence-electron chi connectivity index (χ2n) is 7.09. The lowest BCUT2D eigenvalue weighted by Crippen LogP contribution is -2.37. The summed E-state index contributed by atoms with van der Waals surface area (Å²) < 4.78 is 20.2. The molecule has 3 heterocycles. The first-order valence-electron chi connectivity index (χ1n) is 9.40. The molecular weight excluding hydrogens is 359 g/mol. The highest BCUT2D eigenvalue weighted by Crippen LogP contribution is 2.24. The second-order valence-corrected chi connectivity index (χ2v) is 7.09. The molecule has 3 aromatic rings. The number of ether oxygens (including phenoxy) is 1. The third-order valence-electron chi connectivity index (χ3n) is 4.94. The number of nitrogens with one attached hydrogen (secondary N) is 1. The summed E-state index contributed by atoms with van der Waals surface area (Å²) in [5, 5.41) is 3.37. The summed E-state index contributed by atoms with van der Waals surface area (Å²) in [7, 11) is 0. The van der Waals surface area contributed by atoms with Gasteiger partial charge >= 0.3 is 0 Å². The third-order valence-corrected chi connectivity index (χ3v) is 4.94. The second kappa shape index (κ2) is 7.59. The Morgan fingerprint density at radius 3 is 2.61 bits per heavy atom. The van der Waals surface area contributed by atoms with E-state index in [0.717, 1.165) is 16.8 Å². The predicted octanol–water partition coefficient (Wildman–Crippen LogP) is 3.15. The van der Waals surface area contributed by atoms with Crippen LogP contribution in [0.2, 0.25) is 0 Å². The number of halogens is 1. The number of morpholine rings is 1. The van der Waals surface area contributed by atoms with Crippen molar-refractivity contribution in [3.63, 3.8) is 0 Å². The highest BCUT2D eigenvalue weighted by atomic mass is 19.1. The maximum atomic E-state index is 13.2. The van der Waals surface area contributed by atoms with Gasteiger partial charge < -0.3 is 15.0 Å². The monoisotopic (exact) mass is 382 g/mol. The van der Waals surface area contributed by atoms with Crippen molar-refractivity contribution in [1.82, 2.24) is 9.38 Å². The SMILES string of the molecule is Cc1cc(C(C)Nc2ccc(F)cc2)c2nc(N3CCOCC3)cc(=O)n2c1. The zero-order valence-corrected chi connectivity index (χ0v) is 16.0. The van der Waals surface area contributed by atoms with Crippen LogP contribution in [0.3, 0.4) is 0 Å². The average Bonchev–Trinajstić information content (AvgIpc) is 2.70. The molecule has 0 radical (unpaired) electrons. The fourth-order valence-corrected chi connectivity index (χ4v) is 3.51. The molecule has 4 rings (SSSR count). The Balaban J connectivity index is 1.76. The van der Waals surface area contributed by atoms with Gasteiger partial charge in [-0.1, -0.05) is 0 Å². The molecule has 0 spiro atoms. The fourth-order valence-electron chi connectivity index (χ4n) is 3.51. The van der Waals surface area contributed by atoms with E-state index in [4.69, 9.17) is 9.72 Å². The molecule has 1 aromatic carbocycles. The van der Waals surface area contributed by atoms with Gasteiger partial charge in [0.2, 0.25) is 0 Å². The molecule has 1 aliphatic rings. The number of anilines is 2. The number of hydrogen-bond acceptors (Lipinski definition) is 5. The minimum atomic E-state index is -0.275. The van der Waals surface area contributed by atoms with E-state index >= 15 is 0 Å². The zero-order valence-electron chi connectivity index (χ0n) is 16.0. The van der Waals surface area contributed by atoms with Gasteiger partial charge in [-0.25, -0.2) is 9.37 Å². The van der Waals surface area contributed by atoms with Crippen LogP contribution in [0.5, 0.6) is 0 Å². The lowest BCUT2D eigenvalue weighted by molar-refractivity contribution is 0.122. The number of rotatable bonds is 4. The molecule has 1 N–H and O–H groups in total.